The lowest BCUT2D eigenvalue weighted by Crippen LogP contribution is -2.54. The summed E-state index contributed by atoms with van der Waals surface area (Å²) in [4.78, 5) is 13.4. The first kappa shape index (κ1) is 15.2. The van der Waals surface area contributed by atoms with Gasteiger partial charge < -0.3 is 11.1 Å². The molecule has 0 fully saturated rings. The van der Waals surface area contributed by atoms with Crippen LogP contribution < -0.4 is 11.1 Å². The second-order valence-corrected chi connectivity index (χ2v) is 6.35. The van der Waals surface area contributed by atoms with Crippen molar-refractivity contribution in [2.75, 3.05) is 6.54 Å². The second-order valence-electron chi connectivity index (χ2n) is 5.41. The van der Waals surface area contributed by atoms with Crippen molar-refractivity contribution in [3.63, 3.8) is 0 Å². The van der Waals surface area contributed by atoms with E-state index in [2.05, 4.69) is 30.6 Å². The van der Waals surface area contributed by atoms with Gasteiger partial charge in [0.1, 0.15) is 0 Å². The summed E-state index contributed by atoms with van der Waals surface area (Å²) >= 11 is 1.72. The van der Waals surface area contributed by atoms with Gasteiger partial charge in [0, 0.05) is 16.8 Å². The zero-order chi connectivity index (χ0) is 13.8. The maximum absolute atomic E-state index is 12.1. The Kier molecular flexibility index (Phi) is 4.93. The van der Waals surface area contributed by atoms with E-state index >= 15 is 0 Å². The molecule has 4 heteroatoms. The summed E-state index contributed by atoms with van der Waals surface area (Å²) in [5.74, 6) is -0.0443. The molecule has 102 valence electrons. The van der Waals surface area contributed by atoms with Crippen LogP contribution in [0.15, 0.2) is 17.5 Å². The number of nitrogens with two attached hydrogens (primary N) is 1. The Balaban J connectivity index is 2.63. The van der Waals surface area contributed by atoms with Gasteiger partial charge in [-0.3, -0.25) is 4.79 Å². The second kappa shape index (κ2) is 5.85. The lowest BCUT2D eigenvalue weighted by molar-refractivity contribution is -0.126. The number of carbonyl (C=O) groups excluding carboxylic acids is 1. The minimum Gasteiger partial charge on any atom is -0.354 e. The largest absolute Gasteiger partial charge is 0.354 e. The van der Waals surface area contributed by atoms with Crippen molar-refractivity contribution in [1.82, 2.24) is 5.32 Å². The molecule has 0 aliphatic rings. The molecule has 1 heterocycles. The van der Waals surface area contributed by atoms with Crippen molar-refractivity contribution in [3.8, 4) is 0 Å². The highest BCUT2D eigenvalue weighted by Crippen LogP contribution is 2.26. The van der Waals surface area contributed by atoms with E-state index in [0.717, 1.165) is 0 Å². The SMILES string of the molecule is CCC(N)(CC)C(=O)NCC(C)(C)c1cccs1. The Hall–Kier alpha value is -0.870. The maximum Gasteiger partial charge on any atom is 0.240 e. The van der Waals surface area contributed by atoms with Crippen LogP contribution in [-0.2, 0) is 10.2 Å². The molecule has 0 aliphatic carbocycles. The molecule has 3 N–H and O–H groups in total. The molecule has 0 aromatic carbocycles. The van der Waals surface area contributed by atoms with Gasteiger partial charge in [-0.25, -0.2) is 0 Å². The number of nitrogens with one attached hydrogen (secondary N) is 1. The summed E-state index contributed by atoms with van der Waals surface area (Å²) in [5, 5.41) is 5.06. The molecular formula is C14H24N2OS. The summed E-state index contributed by atoms with van der Waals surface area (Å²) in [6.45, 7) is 8.79. The van der Waals surface area contributed by atoms with E-state index in [1.54, 1.807) is 11.3 Å². The summed E-state index contributed by atoms with van der Waals surface area (Å²) in [6, 6.07) is 4.14. The molecule has 3 nitrogen and oxygen atoms in total. The van der Waals surface area contributed by atoms with Gasteiger partial charge in [-0.05, 0) is 24.3 Å². The number of thiophene rings is 1. The molecule has 0 saturated heterocycles. The van der Waals surface area contributed by atoms with Crippen molar-refractivity contribution in [1.29, 1.82) is 0 Å². The first-order valence-corrected chi connectivity index (χ1v) is 7.35. The third-order valence-electron chi connectivity index (χ3n) is 3.59. The van der Waals surface area contributed by atoms with Crippen LogP contribution in [0.2, 0.25) is 0 Å². The van der Waals surface area contributed by atoms with Crippen molar-refractivity contribution < 1.29 is 4.79 Å². The first-order valence-electron chi connectivity index (χ1n) is 6.47. The molecule has 0 radical (unpaired) electrons. The van der Waals surface area contributed by atoms with E-state index < -0.39 is 5.54 Å². The van der Waals surface area contributed by atoms with E-state index in [1.807, 2.05) is 19.9 Å². The Bertz CT molecular complexity index is 381. The molecule has 1 amide bonds. The molecule has 1 rings (SSSR count). The third kappa shape index (κ3) is 3.33. The lowest BCUT2D eigenvalue weighted by Gasteiger charge is -2.29. The van der Waals surface area contributed by atoms with Gasteiger partial charge >= 0.3 is 0 Å². The van der Waals surface area contributed by atoms with Crippen LogP contribution in [0.25, 0.3) is 0 Å². The molecule has 0 aliphatic heterocycles. The van der Waals surface area contributed by atoms with Gasteiger partial charge in [0.15, 0.2) is 0 Å². The highest BCUT2D eigenvalue weighted by molar-refractivity contribution is 7.10. The molecule has 0 saturated carbocycles. The smallest absolute Gasteiger partial charge is 0.240 e. The number of hydrogen-bond acceptors (Lipinski definition) is 3. The van der Waals surface area contributed by atoms with Crippen LogP contribution in [0, 0.1) is 0 Å². The van der Waals surface area contributed by atoms with Crippen LogP contribution in [-0.4, -0.2) is 18.0 Å². The fourth-order valence-corrected chi connectivity index (χ4v) is 2.65. The minimum atomic E-state index is -0.731. The van der Waals surface area contributed by atoms with Gasteiger partial charge in [-0.15, -0.1) is 11.3 Å². The van der Waals surface area contributed by atoms with Crippen LogP contribution in [0.4, 0.5) is 0 Å². The van der Waals surface area contributed by atoms with Crippen LogP contribution >= 0.6 is 11.3 Å². The number of carbonyl (C=O) groups is 1. The number of amides is 1. The highest BCUT2D eigenvalue weighted by atomic mass is 32.1. The predicted molar refractivity (Wildman–Crippen MR) is 77.9 cm³/mol. The highest BCUT2D eigenvalue weighted by Gasteiger charge is 2.31. The zero-order valence-corrected chi connectivity index (χ0v) is 12.6. The molecule has 0 atom stereocenters. The van der Waals surface area contributed by atoms with Gasteiger partial charge in [0.25, 0.3) is 0 Å². The fourth-order valence-electron chi connectivity index (χ4n) is 1.80. The predicted octanol–water partition coefficient (Wildman–Crippen LogP) is 2.66. The molecule has 1 aromatic rings. The van der Waals surface area contributed by atoms with E-state index in [0.29, 0.717) is 19.4 Å². The number of hydrogen-bond donors (Lipinski definition) is 2. The molecule has 1 aromatic heterocycles. The standard InChI is InChI=1S/C14H24N2OS/c1-5-14(15,6-2)12(17)16-10-13(3,4)11-8-7-9-18-11/h7-9H,5-6,10,15H2,1-4H3,(H,16,17). The van der Waals surface area contributed by atoms with E-state index in [9.17, 15) is 4.79 Å². The van der Waals surface area contributed by atoms with Crippen LogP contribution in [0.1, 0.15) is 45.4 Å². The van der Waals surface area contributed by atoms with Gasteiger partial charge in [-0.1, -0.05) is 33.8 Å². The molecule has 0 bridgehead atoms. The zero-order valence-electron chi connectivity index (χ0n) is 11.7. The summed E-state index contributed by atoms with van der Waals surface area (Å²) in [6.07, 6.45) is 1.32. The Morgan fingerprint density at radius 3 is 2.44 bits per heavy atom. The average Bonchev–Trinajstić information content (AvgIpc) is 2.89. The van der Waals surface area contributed by atoms with E-state index in [4.69, 9.17) is 5.73 Å². The fraction of sp³-hybridized carbons (Fsp3) is 0.643. The third-order valence-corrected chi connectivity index (χ3v) is 4.83. The normalized spacial score (nSPS) is 12.5. The van der Waals surface area contributed by atoms with Gasteiger partial charge in [0.05, 0.1) is 5.54 Å². The Morgan fingerprint density at radius 1 is 1.39 bits per heavy atom. The summed E-state index contributed by atoms with van der Waals surface area (Å²) in [7, 11) is 0. The van der Waals surface area contributed by atoms with Crippen molar-refractivity contribution in [2.45, 2.75) is 51.5 Å². The summed E-state index contributed by atoms with van der Waals surface area (Å²) < 4.78 is 0. The first-order chi connectivity index (χ1) is 8.35. The monoisotopic (exact) mass is 268 g/mol. The topological polar surface area (TPSA) is 55.1 Å². The molecule has 0 unspecified atom stereocenters. The van der Waals surface area contributed by atoms with Crippen molar-refractivity contribution in [2.24, 2.45) is 5.73 Å². The van der Waals surface area contributed by atoms with E-state index in [1.165, 1.54) is 4.88 Å². The quantitative estimate of drug-likeness (QED) is 0.833. The Labute approximate surface area is 114 Å². The molecule has 0 spiro atoms. The van der Waals surface area contributed by atoms with E-state index in [-0.39, 0.29) is 11.3 Å². The Morgan fingerprint density at radius 2 is 2.00 bits per heavy atom. The van der Waals surface area contributed by atoms with Crippen molar-refractivity contribution >= 4 is 17.2 Å². The molecule has 18 heavy (non-hydrogen) atoms. The maximum atomic E-state index is 12.1. The average molecular weight is 268 g/mol. The van der Waals surface area contributed by atoms with Crippen LogP contribution in [0.5, 0.6) is 0 Å². The number of rotatable bonds is 6. The van der Waals surface area contributed by atoms with Gasteiger partial charge in [-0.2, -0.15) is 0 Å². The molecular weight excluding hydrogens is 244 g/mol. The summed E-state index contributed by atoms with van der Waals surface area (Å²) in [5.41, 5.74) is 5.30. The lowest BCUT2D eigenvalue weighted by atomic mass is 9.89. The van der Waals surface area contributed by atoms with Gasteiger partial charge in [0.2, 0.25) is 5.91 Å². The minimum absolute atomic E-state index is 0.0443. The van der Waals surface area contributed by atoms with Crippen LogP contribution in [0.3, 0.4) is 0 Å². The van der Waals surface area contributed by atoms with Crippen molar-refractivity contribution in [3.05, 3.63) is 22.4 Å².